The van der Waals surface area contributed by atoms with E-state index in [1.54, 1.807) is 0 Å². The van der Waals surface area contributed by atoms with Crippen molar-refractivity contribution < 1.29 is 4.52 Å². The summed E-state index contributed by atoms with van der Waals surface area (Å²) in [4.78, 5) is 4.56. The van der Waals surface area contributed by atoms with Gasteiger partial charge in [-0.3, -0.25) is 0 Å². The number of benzene rings is 1. The first kappa shape index (κ1) is 13.7. The van der Waals surface area contributed by atoms with Crippen molar-refractivity contribution in [2.24, 2.45) is 0 Å². The first-order valence-electron chi connectivity index (χ1n) is 6.47. The first-order chi connectivity index (χ1) is 8.88. The SMILES string of the molecule is CNC(C)(C)c1nc(C(C)(C)c2ccccc2)no1. The van der Waals surface area contributed by atoms with Gasteiger partial charge in [-0.05, 0) is 40.3 Å². The van der Waals surface area contributed by atoms with Gasteiger partial charge in [0, 0.05) is 0 Å². The first-order valence-corrected chi connectivity index (χ1v) is 6.47. The van der Waals surface area contributed by atoms with Crippen LogP contribution >= 0.6 is 0 Å². The van der Waals surface area contributed by atoms with Crippen LogP contribution in [0.4, 0.5) is 0 Å². The average molecular weight is 259 g/mol. The van der Waals surface area contributed by atoms with Crippen molar-refractivity contribution in [1.29, 1.82) is 0 Å². The molecule has 1 aromatic carbocycles. The minimum absolute atomic E-state index is 0.271. The maximum Gasteiger partial charge on any atom is 0.246 e. The van der Waals surface area contributed by atoms with E-state index in [-0.39, 0.29) is 11.0 Å². The molecule has 1 heterocycles. The summed E-state index contributed by atoms with van der Waals surface area (Å²) in [5.41, 5.74) is 0.579. The molecule has 4 heteroatoms. The second-order valence-corrected chi connectivity index (χ2v) is 5.79. The van der Waals surface area contributed by atoms with E-state index in [9.17, 15) is 0 Å². The number of rotatable bonds is 4. The van der Waals surface area contributed by atoms with Crippen molar-refractivity contribution in [2.75, 3.05) is 7.05 Å². The van der Waals surface area contributed by atoms with Crippen molar-refractivity contribution in [3.63, 3.8) is 0 Å². The molecule has 19 heavy (non-hydrogen) atoms. The van der Waals surface area contributed by atoms with E-state index in [1.807, 2.05) is 39.1 Å². The van der Waals surface area contributed by atoms with Crippen molar-refractivity contribution in [1.82, 2.24) is 15.5 Å². The molecule has 0 fully saturated rings. The summed E-state index contributed by atoms with van der Waals surface area (Å²) in [5, 5.41) is 7.32. The van der Waals surface area contributed by atoms with Crippen LogP contribution in [-0.2, 0) is 11.0 Å². The minimum atomic E-state index is -0.321. The molecule has 0 atom stereocenters. The molecule has 0 aliphatic heterocycles. The number of aromatic nitrogens is 2. The Hall–Kier alpha value is -1.68. The Morgan fingerprint density at radius 2 is 1.68 bits per heavy atom. The molecule has 0 bridgehead atoms. The Morgan fingerprint density at radius 3 is 2.26 bits per heavy atom. The molecular weight excluding hydrogens is 238 g/mol. The van der Waals surface area contributed by atoms with Gasteiger partial charge in [-0.15, -0.1) is 0 Å². The van der Waals surface area contributed by atoms with Gasteiger partial charge in [0.1, 0.15) is 0 Å². The Labute approximate surface area is 114 Å². The zero-order valence-electron chi connectivity index (χ0n) is 12.2. The zero-order valence-corrected chi connectivity index (χ0v) is 12.2. The highest BCUT2D eigenvalue weighted by Crippen LogP contribution is 2.30. The third-order valence-electron chi connectivity index (χ3n) is 3.64. The lowest BCUT2D eigenvalue weighted by Crippen LogP contribution is -2.33. The lowest BCUT2D eigenvalue weighted by atomic mass is 9.84. The molecule has 0 saturated heterocycles. The second-order valence-electron chi connectivity index (χ2n) is 5.79. The van der Waals surface area contributed by atoms with E-state index in [2.05, 4.69) is 41.4 Å². The highest BCUT2D eigenvalue weighted by atomic mass is 16.5. The molecule has 2 aromatic rings. The molecule has 0 spiro atoms. The molecule has 0 saturated carbocycles. The fraction of sp³-hybridized carbons (Fsp3) is 0.467. The molecule has 0 amide bonds. The smallest absolute Gasteiger partial charge is 0.246 e. The molecule has 1 N–H and O–H groups in total. The fourth-order valence-electron chi connectivity index (χ4n) is 1.82. The van der Waals surface area contributed by atoms with Gasteiger partial charge in [0.15, 0.2) is 5.82 Å². The van der Waals surface area contributed by atoms with Crippen molar-refractivity contribution in [3.05, 3.63) is 47.6 Å². The maximum absolute atomic E-state index is 5.40. The quantitative estimate of drug-likeness (QED) is 0.917. The van der Waals surface area contributed by atoms with Gasteiger partial charge < -0.3 is 9.84 Å². The molecule has 4 nitrogen and oxygen atoms in total. The Balaban J connectivity index is 2.38. The van der Waals surface area contributed by atoms with Gasteiger partial charge in [0.2, 0.25) is 5.89 Å². The molecule has 2 rings (SSSR count). The average Bonchev–Trinajstić information content (AvgIpc) is 2.91. The topological polar surface area (TPSA) is 51.0 Å². The molecule has 0 unspecified atom stereocenters. The van der Waals surface area contributed by atoms with Crippen LogP contribution in [0.25, 0.3) is 0 Å². The maximum atomic E-state index is 5.40. The molecule has 0 radical (unpaired) electrons. The molecule has 102 valence electrons. The summed E-state index contributed by atoms with van der Waals surface area (Å²) < 4.78 is 5.40. The van der Waals surface area contributed by atoms with Gasteiger partial charge >= 0.3 is 0 Å². The van der Waals surface area contributed by atoms with Crippen LogP contribution in [0.2, 0.25) is 0 Å². The fourth-order valence-corrected chi connectivity index (χ4v) is 1.82. The Bertz CT molecular complexity index is 544. The monoisotopic (exact) mass is 259 g/mol. The Morgan fingerprint density at radius 1 is 1.05 bits per heavy atom. The Kier molecular flexibility index (Phi) is 3.45. The van der Waals surface area contributed by atoms with E-state index in [4.69, 9.17) is 4.52 Å². The van der Waals surface area contributed by atoms with E-state index >= 15 is 0 Å². The summed E-state index contributed by atoms with van der Waals surface area (Å²) in [6, 6.07) is 10.2. The van der Waals surface area contributed by atoms with E-state index in [1.165, 1.54) is 5.56 Å². The van der Waals surface area contributed by atoms with Gasteiger partial charge in [0.05, 0.1) is 11.0 Å². The highest BCUT2D eigenvalue weighted by Gasteiger charge is 2.32. The van der Waals surface area contributed by atoms with Crippen LogP contribution < -0.4 is 5.32 Å². The zero-order chi connectivity index (χ0) is 14.1. The number of hydrogen-bond acceptors (Lipinski definition) is 4. The van der Waals surface area contributed by atoms with Crippen molar-refractivity contribution >= 4 is 0 Å². The molecule has 0 aliphatic carbocycles. The van der Waals surface area contributed by atoms with Crippen molar-refractivity contribution in [2.45, 2.75) is 38.6 Å². The molecule has 1 aromatic heterocycles. The van der Waals surface area contributed by atoms with Crippen LogP contribution in [0.5, 0.6) is 0 Å². The van der Waals surface area contributed by atoms with Crippen molar-refractivity contribution in [3.8, 4) is 0 Å². The summed E-state index contributed by atoms with van der Waals surface area (Å²) in [6.07, 6.45) is 0. The second kappa shape index (κ2) is 4.78. The normalized spacial score (nSPS) is 12.7. The predicted octanol–water partition coefficient (Wildman–Crippen LogP) is 2.85. The van der Waals surface area contributed by atoms with Crippen LogP contribution in [0, 0.1) is 0 Å². The van der Waals surface area contributed by atoms with E-state index in [0.29, 0.717) is 11.7 Å². The third-order valence-corrected chi connectivity index (χ3v) is 3.64. The van der Waals surface area contributed by atoms with E-state index in [0.717, 1.165) is 0 Å². The van der Waals surface area contributed by atoms with Gasteiger partial charge in [-0.2, -0.15) is 4.98 Å². The lowest BCUT2D eigenvalue weighted by Gasteiger charge is -2.21. The van der Waals surface area contributed by atoms with E-state index < -0.39 is 0 Å². The number of nitrogens with one attached hydrogen (secondary N) is 1. The summed E-state index contributed by atoms with van der Waals surface area (Å²) in [5.74, 6) is 1.31. The molecule has 0 aliphatic rings. The van der Waals surface area contributed by atoms with Crippen LogP contribution in [-0.4, -0.2) is 17.2 Å². The summed E-state index contributed by atoms with van der Waals surface area (Å²) >= 11 is 0. The number of hydrogen-bond donors (Lipinski definition) is 1. The minimum Gasteiger partial charge on any atom is -0.337 e. The lowest BCUT2D eigenvalue weighted by molar-refractivity contribution is 0.278. The predicted molar refractivity (Wildman–Crippen MR) is 75.0 cm³/mol. The van der Waals surface area contributed by atoms with Gasteiger partial charge in [-0.25, -0.2) is 0 Å². The van der Waals surface area contributed by atoms with Gasteiger partial charge in [-0.1, -0.05) is 35.5 Å². The van der Waals surface area contributed by atoms with Crippen LogP contribution in [0.15, 0.2) is 34.9 Å². The third kappa shape index (κ3) is 2.54. The summed E-state index contributed by atoms with van der Waals surface area (Å²) in [6.45, 7) is 8.23. The highest BCUT2D eigenvalue weighted by molar-refractivity contribution is 5.30. The van der Waals surface area contributed by atoms with Crippen LogP contribution in [0.3, 0.4) is 0 Å². The molecular formula is C15H21N3O. The summed E-state index contributed by atoms with van der Waals surface area (Å²) in [7, 11) is 1.88. The standard InChI is InChI=1S/C15H21N3O/c1-14(2,11-9-7-6-8-10-11)12-17-13(19-18-12)15(3,4)16-5/h6-10,16H,1-5H3. The number of nitrogens with zero attached hydrogens (tertiary/aromatic N) is 2. The van der Waals surface area contributed by atoms with Gasteiger partial charge in [0.25, 0.3) is 0 Å². The van der Waals surface area contributed by atoms with Crippen LogP contribution in [0.1, 0.15) is 45.0 Å². The largest absolute Gasteiger partial charge is 0.337 e.